The van der Waals surface area contributed by atoms with E-state index in [9.17, 15) is 9.18 Å². The van der Waals surface area contributed by atoms with E-state index in [4.69, 9.17) is 4.74 Å². The van der Waals surface area contributed by atoms with E-state index in [0.29, 0.717) is 9.60 Å². The lowest BCUT2D eigenvalue weighted by Gasteiger charge is -2.30. The van der Waals surface area contributed by atoms with E-state index in [1.54, 1.807) is 6.07 Å². The van der Waals surface area contributed by atoms with Crippen molar-refractivity contribution in [1.82, 2.24) is 9.88 Å². The number of aromatic nitrogens is 1. The first kappa shape index (κ1) is 19.3. The number of rotatable bonds is 6. The van der Waals surface area contributed by atoms with Crippen molar-refractivity contribution >= 4 is 38.3 Å². The first-order valence-electron chi connectivity index (χ1n) is 8.54. The van der Waals surface area contributed by atoms with Crippen LogP contribution in [0.25, 0.3) is 0 Å². The van der Waals surface area contributed by atoms with E-state index in [2.05, 4.69) is 38.1 Å². The first-order chi connectivity index (χ1) is 12.5. The van der Waals surface area contributed by atoms with Crippen LogP contribution < -0.4 is 10.1 Å². The molecule has 1 aliphatic heterocycles. The Hall–Kier alpha value is -1.51. The average molecular weight is 442 g/mol. The Morgan fingerprint density at radius 2 is 2.38 bits per heavy atom. The Kier molecular flexibility index (Phi) is 6.61. The second-order valence-corrected chi connectivity index (χ2v) is 8.31. The second kappa shape index (κ2) is 8.92. The van der Waals surface area contributed by atoms with Crippen LogP contribution in [-0.4, -0.2) is 35.5 Å². The van der Waals surface area contributed by atoms with Gasteiger partial charge in [0.05, 0.1) is 5.69 Å². The number of thiazole rings is 1. The van der Waals surface area contributed by atoms with E-state index in [1.807, 2.05) is 5.38 Å². The Labute approximate surface area is 164 Å². The van der Waals surface area contributed by atoms with Gasteiger partial charge in [0.25, 0.3) is 5.91 Å². The SMILES string of the molecule is C[C@@H]1CCCN(Cc2csc(NC(=O)COc3ccc(Br)cc3F)n2)C1. The molecular weight excluding hydrogens is 421 g/mol. The molecule has 2 heterocycles. The van der Waals surface area contributed by atoms with Crippen molar-refractivity contribution < 1.29 is 13.9 Å². The molecule has 1 saturated heterocycles. The van der Waals surface area contributed by atoms with Gasteiger partial charge >= 0.3 is 0 Å². The van der Waals surface area contributed by atoms with Gasteiger partial charge in [-0.3, -0.25) is 15.0 Å². The van der Waals surface area contributed by atoms with Crippen LogP contribution >= 0.6 is 27.3 Å². The average Bonchev–Trinajstić information content (AvgIpc) is 3.01. The largest absolute Gasteiger partial charge is 0.481 e. The molecule has 0 spiro atoms. The number of halogens is 2. The molecule has 5 nitrogen and oxygen atoms in total. The first-order valence-corrected chi connectivity index (χ1v) is 10.2. The maximum atomic E-state index is 13.7. The quantitative estimate of drug-likeness (QED) is 0.725. The summed E-state index contributed by atoms with van der Waals surface area (Å²) in [6, 6.07) is 4.43. The third-order valence-electron chi connectivity index (χ3n) is 4.18. The van der Waals surface area contributed by atoms with Gasteiger partial charge in [-0.25, -0.2) is 9.37 Å². The van der Waals surface area contributed by atoms with Gasteiger partial charge in [-0.2, -0.15) is 0 Å². The van der Waals surface area contributed by atoms with E-state index >= 15 is 0 Å². The van der Waals surface area contributed by atoms with Crippen molar-refractivity contribution in [3.63, 3.8) is 0 Å². The van der Waals surface area contributed by atoms with Crippen LogP contribution in [0.5, 0.6) is 5.75 Å². The van der Waals surface area contributed by atoms with Crippen molar-refractivity contribution in [2.45, 2.75) is 26.3 Å². The van der Waals surface area contributed by atoms with E-state index in [1.165, 1.54) is 36.3 Å². The number of nitrogens with zero attached hydrogens (tertiary/aromatic N) is 2. The van der Waals surface area contributed by atoms with Crippen LogP contribution in [0.15, 0.2) is 28.1 Å². The second-order valence-electron chi connectivity index (χ2n) is 6.54. The number of hydrogen-bond donors (Lipinski definition) is 1. The number of carbonyl (C=O) groups excluding carboxylic acids is 1. The third kappa shape index (κ3) is 5.49. The number of nitrogens with one attached hydrogen (secondary N) is 1. The molecule has 3 rings (SSSR count). The van der Waals surface area contributed by atoms with Gasteiger partial charge in [-0.15, -0.1) is 11.3 Å². The standard InChI is InChI=1S/C18H21BrFN3O2S/c1-12-3-2-6-23(8-12)9-14-11-26-18(21-14)22-17(24)10-25-16-5-4-13(19)7-15(16)20/h4-5,7,11-12H,2-3,6,8-10H2,1H3,(H,21,22,24)/t12-/m1/s1. The smallest absolute Gasteiger partial charge is 0.264 e. The van der Waals surface area contributed by atoms with Gasteiger partial charge in [0.15, 0.2) is 23.3 Å². The zero-order valence-electron chi connectivity index (χ0n) is 14.5. The zero-order chi connectivity index (χ0) is 18.5. The summed E-state index contributed by atoms with van der Waals surface area (Å²) in [7, 11) is 0. The lowest BCUT2D eigenvalue weighted by Crippen LogP contribution is -2.33. The summed E-state index contributed by atoms with van der Waals surface area (Å²) >= 11 is 4.56. The summed E-state index contributed by atoms with van der Waals surface area (Å²) in [5.41, 5.74) is 0.958. The highest BCUT2D eigenvalue weighted by Gasteiger charge is 2.17. The molecule has 8 heteroatoms. The molecule has 1 N–H and O–H groups in total. The van der Waals surface area contributed by atoms with Crippen LogP contribution in [0.3, 0.4) is 0 Å². The van der Waals surface area contributed by atoms with Crippen molar-refractivity contribution in [3.8, 4) is 5.75 Å². The zero-order valence-corrected chi connectivity index (χ0v) is 16.9. The topological polar surface area (TPSA) is 54.5 Å². The van der Waals surface area contributed by atoms with E-state index in [-0.39, 0.29) is 18.3 Å². The minimum absolute atomic E-state index is 0.0439. The molecule has 1 aromatic heterocycles. The molecule has 26 heavy (non-hydrogen) atoms. The Morgan fingerprint density at radius 1 is 1.54 bits per heavy atom. The van der Waals surface area contributed by atoms with Crippen molar-refractivity contribution in [2.24, 2.45) is 5.92 Å². The number of carbonyl (C=O) groups is 1. The van der Waals surface area contributed by atoms with Gasteiger partial charge in [0.1, 0.15) is 0 Å². The molecule has 0 bridgehead atoms. The number of anilines is 1. The fraction of sp³-hybridized carbons (Fsp3) is 0.444. The highest BCUT2D eigenvalue weighted by Crippen LogP contribution is 2.22. The predicted octanol–water partition coefficient (Wildman–Crippen LogP) is 4.29. The normalized spacial score (nSPS) is 17.9. The number of hydrogen-bond acceptors (Lipinski definition) is 5. The van der Waals surface area contributed by atoms with Crippen molar-refractivity contribution in [2.75, 3.05) is 25.0 Å². The summed E-state index contributed by atoms with van der Waals surface area (Å²) in [4.78, 5) is 18.9. The molecule has 1 aliphatic rings. The lowest BCUT2D eigenvalue weighted by atomic mass is 10.0. The summed E-state index contributed by atoms with van der Waals surface area (Å²) in [6.45, 7) is 4.99. The fourth-order valence-corrected chi connectivity index (χ4v) is 4.04. The molecule has 1 atom stereocenters. The number of ether oxygens (including phenoxy) is 1. The van der Waals surface area contributed by atoms with Crippen LogP contribution in [0.1, 0.15) is 25.5 Å². The molecule has 0 radical (unpaired) electrons. The monoisotopic (exact) mass is 441 g/mol. The number of piperidine rings is 1. The molecule has 1 aromatic carbocycles. The van der Waals surface area contributed by atoms with Crippen LogP contribution in [0.2, 0.25) is 0 Å². The Bertz CT molecular complexity index is 771. The minimum atomic E-state index is -0.514. The molecule has 0 saturated carbocycles. The van der Waals surface area contributed by atoms with E-state index < -0.39 is 5.82 Å². The van der Waals surface area contributed by atoms with Crippen LogP contribution in [-0.2, 0) is 11.3 Å². The Balaban J connectivity index is 1.48. The summed E-state index contributed by atoms with van der Waals surface area (Å²) < 4.78 is 19.5. The number of likely N-dealkylation sites (tertiary alicyclic amines) is 1. The highest BCUT2D eigenvalue weighted by molar-refractivity contribution is 9.10. The maximum Gasteiger partial charge on any atom is 0.264 e. The van der Waals surface area contributed by atoms with Gasteiger partial charge < -0.3 is 4.74 Å². The molecule has 1 amide bonds. The molecule has 1 fully saturated rings. The van der Waals surface area contributed by atoms with Gasteiger partial charge in [0, 0.05) is 22.9 Å². The predicted molar refractivity (Wildman–Crippen MR) is 104 cm³/mol. The molecule has 140 valence electrons. The molecule has 0 aliphatic carbocycles. The fourth-order valence-electron chi connectivity index (χ4n) is 2.99. The van der Waals surface area contributed by atoms with Crippen LogP contribution in [0.4, 0.5) is 9.52 Å². The maximum absolute atomic E-state index is 13.7. The lowest BCUT2D eigenvalue weighted by molar-refractivity contribution is -0.118. The molecule has 0 unspecified atom stereocenters. The highest BCUT2D eigenvalue weighted by atomic mass is 79.9. The summed E-state index contributed by atoms with van der Waals surface area (Å²) in [6.07, 6.45) is 2.51. The third-order valence-corrected chi connectivity index (χ3v) is 5.48. The van der Waals surface area contributed by atoms with Gasteiger partial charge in [-0.1, -0.05) is 22.9 Å². The number of amides is 1. The van der Waals surface area contributed by atoms with Gasteiger partial charge in [0.2, 0.25) is 0 Å². The van der Waals surface area contributed by atoms with Crippen molar-refractivity contribution in [3.05, 3.63) is 39.6 Å². The van der Waals surface area contributed by atoms with Gasteiger partial charge in [-0.05, 0) is 43.5 Å². The minimum Gasteiger partial charge on any atom is -0.481 e. The Morgan fingerprint density at radius 3 is 3.15 bits per heavy atom. The summed E-state index contributed by atoms with van der Waals surface area (Å²) in [5.74, 6) is -0.112. The molecular formula is C18H21BrFN3O2S. The van der Waals surface area contributed by atoms with Crippen molar-refractivity contribution in [1.29, 1.82) is 0 Å². The summed E-state index contributed by atoms with van der Waals surface area (Å²) in [5, 5.41) is 5.20. The molecule has 2 aromatic rings. The van der Waals surface area contributed by atoms with Crippen LogP contribution in [0, 0.1) is 11.7 Å². The van der Waals surface area contributed by atoms with E-state index in [0.717, 1.165) is 31.2 Å². The number of benzene rings is 1.